The van der Waals surface area contributed by atoms with Gasteiger partial charge in [-0.1, -0.05) is 11.6 Å². The number of hydrogen-bond acceptors (Lipinski definition) is 3. The Labute approximate surface area is 132 Å². The van der Waals surface area contributed by atoms with Crippen LogP contribution in [0.15, 0.2) is 28.1 Å². The number of thiophene rings is 1. The third-order valence-corrected chi connectivity index (χ3v) is 4.89. The number of halogens is 2. The predicted octanol–water partition coefficient (Wildman–Crippen LogP) is 4.42. The summed E-state index contributed by atoms with van der Waals surface area (Å²) >= 11 is 10.2. The number of hydrogen-bond donors (Lipinski definition) is 2. The minimum Gasteiger partial charge on any atom is -0.477 e. The quantitative estimate of drug-likeness (QED) is 0.835. The summed E-state index contributed by atoms with van der Waals surface area (Å²) in [7, 11) is 0. The molecule has 0 aliphatic carbocycles. The zero-order valence-electron chi connectivity index (χ0n) is 10.2. The first-order valence-corrected chi connectivity index (χ1v) is 7.53. The maximum absolute atomic E-state index is 12.1. The van der Waals surface area contributed by atoms with E-state index in [1.165, 1.54) is 0 Å². The average molecular weight is 375 g/mol. The van der Waals surface area contributed by atoms with Crippen molar-refractivity contribution in [2.24, 2.45) is 0 Å². The molecular formula is C13H9BrClNO3S. The van der Waals surface area contributed by atoms with Crippen LogP contribution in [0.5, 0.6) is 0 Å². The molecule has 0 saturated carbocycles. The van der Waals surface area contributed by atoms with Gasteiger partial charge in [-0.3, -0.25) is 4.79 Å². The molecule has 0 bridgehead atoms. The Morgan fingerprint density at radius 2 is 2.10 bits per heavy atom. The molecule has 20 heavy (non-hydrogen) atoms. The first-order valence-electron chi connectivity index (χ1n) is 5.48. The van der Waals surface area contributed by atoms with Crippen molar-refractivity contribution in [3.8, 4) is 0 Å². The highest BCUT2D eigenvalue weighted by Gasteiger charge is 2.18. The molecule has 0 radical (unpaired) electrons. The van der Waals surface area contributed by atoms with Crippen molar-refractivity contribution in [3.63, 3.8) is 0 Å². The SMILES string of the molecule is Cc1csc(C(=O)O)c1NC(=O)c1ccc(Cl)c(Br)c1. The molecule has 2 N–H and O–H groups in total. The molecule has 4 nitrogen and oxygen atoms in total. The maximum atomic E-state index is 12.1. The van der Waals surface area contributed by atoms with Crippen LogP contribution in [0.3, 0.4) is 0 Å². The van der Waals surface area contributed by atoms with Gasteiger partial charge in [0.15, 0.2) is 0 Å². The van der Waals surface area contributed by atoms with Crippen LogP contribution >= 0.6 is 38.9 Å². The van der Waals surface area contributed by atoms with Gasteiger partial charge in [0, 0.05) is 10.0 Å². The van der Waals surface area contributed by atoms with Crippen LogP contribution in [-0.4, -0.2) is 17.0 Å². The van der Waals surface area contributed by atoms with Crippen molar-refractivity contribution in [1.29, 1.82) is 0 Å². The van der Waals surface area contributed by atoms with E-state index in [0.29, 0.717) is 26.3 Å². The van der Waals surface area contributed by atoms with Crippen LogP contribution in [0.4, 0.5) is 5.69 Å². The zero-order chi connectivity index (χ0) is 14.9. The van der Waals surface area contributed by atoms with Gasteiger partial charge in [0.2, 0.25) is 0 Å². The summed E-state index contributed by atoms with van der Waals surface area (Å²) in [6.07, 6.45) is 0. The van der Waals surface area contributed by atoms with E-state index in [0.717, 1.165) is 11.3 Å². The Morgan fingerprint density at radius 3 is 2.70 bits per heavy atom. The highest BCUT2D eigenvalue weighted by Crippen LogP contribution is 2.29. The van der Waals surface area contributed by atoms with E-state index in [-0.39, 0.29) is 10.8 Å². The molecule has 1 aromatic carbocycles. The minimum atomic E-state index is -1.06. The molecule has 0 unspecified atom stereocenters. The molecule has 0 aliphatic rings. The van der Waals surface area contributed by atoms with E-state index in [1.54, 1.807) is 30.5 Å². The summed E-state index contributed by atoms with van der Waals surface area (Å²) < 4.78 is 0.604. The summed E-state index contributed by atoms with van der Waals surface area (Å²) in [5.41, 5.74) is 1.44. The lowest BCUT2D eigenvalue weighted by molar-refractivity contribution is 0.0703. The lowest BCUT2D eigenvalue weighted by Crippen LogP contribution is -2.14. The molecule has 0 spiro atoms. The Kier molecular flexibility index (Phi) is 4.47. The number of rotatable bonds is 3. The number of anilines is 1. The zero-order valence-corrected chi connectivity index (χ0v) is 13.4. The Bertz CT molecular complexity index is 699. The number of carboxylic acid groups (broad SMARTS) is 1. The number of aromatic carboxylic acids is 1. The third kappa shape index (κ3) is 3.03. The molecule has 0 saturated heterocycles. The normalized spacial score (nSPS) is 10.3. The standard InChI is InChI=1S/C13H9BrClNO3S/c1-6-5-20-11(13(18)19)10(6)16-12(17)7-2-3-9(15)8(14)4-7/h2-5H,1H3,(H,16,17)(H,18,19). The number of nitrogens with one attached hydrogen (secondary N) is 1. The van der Waals surface area contributed by atoms with Crippen molar-refractivity contribution < 1.29 is 14.7 Å². The number of amides is 1. The van der Waals surface area contributed by atoms with E-state index in [9.17, 15) is 9.59 Å². The molecule has 1 amide bonds. The first kappa shape index (κ1) is 15.0. The van der Waals surface area contributed by atoms with Crippen LogP contribution < -0.4 is 5.32 Å². The second-order valence-electron chi connectivity index (χ2n) is 4.01. The second kappa shape index (κ2) is 5.95. The van der Waals surface area contributed by atoms with E-state index in [1.807, 2.05) is 0 Å². The van der Waals surface area contributed by atoms with Crippen molar-refractivity contribution in [2.75, 3.05) is 5.32 Å². The van der Waals surface area contributed by atoms with E-state index < -0.39 is 5.97 Å². The Balaban J connectivity index is 2.30. The second-order valence-corrected chi connectivity index (χ2v) is 6.15. The number of carbonyl (C=O) groups excluding carboxylic acids is 1. The third-order valence-electron chi connectivity index (χ3n) is 2.59. The molecule has 0 atom stereocenters. The van der Waals surface area contributed by atoms with Crippen molar-refractivity contribution >= 4 is 56.4 Å². The Hall–Kier alpha value is -1.37. The van der Waals surface area contributed by atoms with E-state index in [2.05, 4.69) is 21.2 Å². The monoisotopic (exact) mass is 373 g/mol. The fraction of sp³-hybridized carbons (Fsp3) is 0.0769. The van der Waals surface area contributed by atoms with Crippen LogP contribution in [0.25, 0.3) is 0 Å². The van der Waals surface area contributed by atoms with Crippen LogP contribution in [0.1, 0.15) is 25.6 Å². The number of aryl methyl sites for hydroxylation is 1. The molecule has 0 aliphatic heterocycles. The Morgan fingerprint density at radius 1 is 1.40 bits per heavy atom. The lowest BCUT2D eigenvalue weighted by atomic mass is 10.2. The summed E-state index contributed by atoms with van der Waals surface area (Å²) in [4.78, 5) is 23.3. The van der Waals surface area contributed by atoms with Gasteiger partial charge < -0.3 is 10.4 Å². The minimum absolute atomic E-state index is 0.115. The van der Waals surface area contributed by atoms with Gasteiger partial charge >= 0.3 is 5.97 Å². The molecule has 1 heterocycles. The van der Waals surface area contributed by atoms with Crippen molar-refractivity contribution in [1.82, 2.24) is 0 Å². The molecular weight excluding hydrogens is 366 g/mol. The van der Waals surface area contributed by atoms with Crippen LogP contribution in [0, 0.1) is 6.92 Å². The fourth-order valence-corrected chi connectivity index (χ4v) is 2.92. The fourth-order valence-electron chi connectivity index (χ4n) is 1.58. The molecule has 7 heteroatoms. The summed E-state index contributed by atoms with van der Waals surface area (Å²) in [6, 6.07) is 4.75. The van der Waals surface area contributed by atoms with Crippen molar-refractivity contribution in [3.05, 3.63) is 49.1 Å². The summed E-state index contributed by atoms with van der Waals surface area (Å²) in [6.45, 7) is 1.75. The van der Waals surface area contributed by atoms with Gasteiger partial charge in [-0.2, -0.15) is 0 Å². The highest BCUT2D eigenvalue weighted by atomic mass is 79.9. The topological polar surface area (TPSA) is 66.4 Å². The smallest absolute Gasteiger partial charge is 0.348 e. The van der Waals surface area contributed by atoms with Gasteiger partial charge in [0.25, 0.3) is 5.91 Å². The van der Waals surface area contributed by atoms with E-state index in [4.69, 9.17) is 16.7 Å². The largest absolute Gasteiger partial charge is 0.477 e. The number of carbonyl (C=O) groups is 2. The maximum Gasteiger partial charge on any atom is 0.348 e. The predicted molar refractivity (Wildman–Crippen MR) is 83.1 cm³/mol. The van der Waals surface area contributed by atoms with Crippen LogP contribution in [-0.2, 0) is 0 Å². The number of benzene rings is 1. The lowest BCUT2D eigenvalue weighted by Gasteiger charge is -2.07. The van der Waals surface area contributed by atoms with Gasteiger partial charge in [0.05, 0.1) is 10.7 Å². The van der Waals surface area contributed by atoms with Gasteiger partial charge in [-0.15, -0.1) is 11.3 Å². The summed E-state index contributed by atoms with van der Waals surface area (Å²) in [5.74, 6) is -1.44. The average Bonchev–Trinajstić information content (AvgIpc) is 2.74. The summed E-state index contributed by atoms with van der Waals surface area (Å²) in [5, 5.41) is 13.9. The molecule has 2 rings (SSSR count). The number of carboxylic acids is 1. The molecule has 2 aromatic rings. The first-order chi connectivity index (χ1) is 9.40. The van der Waals surface area contributed by atoms with Crippen molar-refractivity contribution in [2.45, 2.75) is 6.92 Å². The van der Waals surface area contributed by atoms with Gasteiger partial charge in [-0.25, -0.2) is 4.79 Å². The van der Waals surface area contributed by atoms with Gasteiger partial charge in [-0.05, 0) is 52.0 Å². The van der Waals surface area contributed by atoms with Crippen LogP contribution in [0.2, 0.25) is 5.02 Å². The molecule has 1 aromatic heterocycles. The van der Waals surface area contributed by atoms with E-state index >= 15 is 0 Å². The molecule has 0 fully saturated rings. The molecule has 104 valence electrons. The highest BCUT2D eigenvalue weighted by molar-refractivity contribution is 9.10. The van der Waals surface area contributed by atoms with Gasteiger partial charge in [0.1, 0.15) is 4.88 Å².